The van der Waals surface area contributed by atoms with Crippen LogP contribution in [0.4, 0.5) is 5.82 Å². The topological polar surface area (TPSA) is 71.0 Å². The van der Waals surface area contributed by atoms with E-state index in [1.54, 1.807) is 14.2 Å². The van der Waals surface area contributed by atoms with Crippen LogP contribution < -0.4 is 20.3 Å². The number of halogens is 1. The first-order chi connectivity index (χ1) is 14.6. The number of hydrogen-bond acceptors (Lipinski definition) is 5. The van der Waals surface area contributed by atoms with E-state index in [1.165, 1.54) is 0 Å². The van der Waals surface area contributed by atoms with Crippen LogP contribution in [0, 0.1) is 0 Å². The van der Waals surface area contributed by atoms with Crippen LogP contribution in [0.25, 0.3) is 0 Å². The van der Waals surface area contributed by atoms with E-state index >= 15 is 0 Å². The van der Waals surface area contributed by atoms with Gasteiger partial charge in [-0.25, -0.2) is 4.98 Å². The van der Waals surface area contributed by atoms with Gasteiger partial charge in [0, 0.05) is 44.4 Å². The number of guanidine groups is 1. The molecule has 1 unspecified atom stereocenters. The number of pyridine rings is 1. The largest absolute Gasteiger partial charge is 0.497 e. The molecule has 30 heavy (non-hydrogen) atoms. The average molecular weight is 432 g/mol. The first-order valence-electron chi connectivity index (χ1n) is 10.2. The molecule has 8 heteroatoms. The van der Waals surface area contributed by atoms with Crippen LogP contribution in [0.3, 0.4) is 0 Å². The van der Waals surface area contributed by atoms with E-state index in [9.17, 15) is 0 Å². The molecule has 1 atom stereocenters. The Bertz CT molecular complexity index is 861. The molecule has 1 aromatic carbocycles. The standard InChI is InChI=1S/C22H30ClN5O2/c1-16-15-28(10-11-30-16)21-12-17(6-8-25-21)14-27-22(24-2)26-9-7-18-4-5-19(29-3)13-20(18)23/h4-6,8,12-13,16H,7,9-11,14-15H2,1-3H3,(H2,24,26,27). The molecule has 1 aliphatic heterocycles. The van der Waals surface area contributed by atoms with Gasteiger partial charge in [0.25, 0.3) is 0 Å². The molecule has 7 nitrogen and oxygen atoms in total. The van der Waals surface area contributed by atoms with Crippen LogP contribution in [0.5, 0.6) is 5.75 Å². The van der Waals surface area contributed by atoms with Crippen molar-refractivity contribution in [1.82, 2.24) is 15.6 Å². The molecule has 3 rings (SSSR count). The lowest BCUT2D eigenvalue weighted by Gasteiger charge is -2.32. The van der Waals surface area contributed by atoms with Crippen molar-refractivity contribution in [2.24, 2.45) is 4.99 Å². The Balaban J connectivity index is 1.49. The van der Waals surface area contributed by atoms with E-state index in [1.807, 2.05) is 30.5 Å². The van der Waals surface area contributed by atoms with Crippen LogP contribution in [-0.2, 0) is 17.7 Å². The van der Waals surface area contributed by atoms with Crippen molar-refractivity contribution in [3.05, 3.63) is 52.7 Å². The smallest absolute Gasteiger partial charge is 0.191 e. The molecule has 0 radical (unpaired) electrons. The summed E-state index contributed by atoms with van der Waals surface area (Å²) in [5, 5.41) is 7.40. The molecule has 0 amide bonds. The van der Waals surface area contributed by atoms with Crippen molar-refractivity contribution in [3.63, 3.8) is 0 Å². The summed E-state index contributed by atoms with van der Waals surface area (Å²) >= 11 is 6.32. The van der Waals surface area contributed by atoms with E-state index in [-0.39, 0.29) is 6.10 Å². The fourth-order valence-corrected chi connectivity index (χ4v) is 3.61. The van der Waals surface area contributed by atoms with E-state index < -0.39 is 0 Å². The van der Waals surface area contributed by atoms with Gasteiger partial charge in [0.05, 0.1) is 19.8 Å². The first kappa shape index (κ1) is 22.2. The minimum absolute atomic E-state index is 0.226. The second kappa shape index (κ2) is 11.0. The van der Waals surface area contributed by atoms with Crippen LogP contribution in [0.15, 0.2) is 41.5 Å². The number of morpholine rings is 1. The zero-order valence-corrected chi connectivity index (χ0v) is 18.6. The number of benzene rings is 1. The van der Waals surface area contributed by atoms with Gasteiger partial charge in [0.2, 0.25) is 0 Å². The van der Waals surface area contributed by atoms with Gasteiger partial charge in [0.15, 0.2) is 5.96 Å². The van der Waals surface area contributed by atoms with Gasteiger partial charge < -0.3 is 25.0 Å². The fourth-order valence-electron chi connectivity index (χ4n) is 3.35. The fraction of sp³-hybridized carbons (Fsp3) is 0.455. The third-order valence-electron chi connectivity index (χ3n) is 5.01. The Morgan fingerprint density at radius 3 is 2.93 bits per heavy atom. The van der Waals surface area contributed by atoms with Crippen molar-refractivity contribution < 1.29 is 9.47 Å². The summed E-state index contributed by atoms with van der Waals surface area (Å²) in [6.45, 7) is 5.94. The van der Waals surface area contributed by atoms with Gasteiger partial charge >= 0.3 is 0 Å². The molecule has 2 aromatic rings. The number of rotatable bonds is 7. The molecule has 0 spiro atoms. The number of nitrogens with zero attached hydrogens (tertiary/aromatic N) is 3. The normalized spacial score (nSPS) is 17.0. The maximum atomic E-state index is 6.32. The molecule has 1 fully saturated rings. The number of anilines is 1. The summed E-state index contributed by atoms with van der Waals surface area (Å²) in [5.41, 5.74) is 2.22. The van der Waals surface area contributed by atoms with Crippen molar-refractivity contribution >= 4 is 23.4 Å². The number of hydrogen-bond donors (Lipinski definition) is 2. The van der Waals surface area contributed by atoms with Crippen molar-refractivity contribution in [1.29, 1.82) is 0 Å². The third-order valence-corrected chi connectivity index (χ3v) is 5.36. The monoisotopic (exact) mass is 431 g/mol. The zero-order chi connectivity index (χ0) is 21.3. The molecule has 0 aliphatic carbocycles. The number of nitrogens with one attached hydrogen (secondary N) is 2. The highest BCUT2D eigenvalue weighted by molar-refractivity contribution is 6.31. The molecule has 2 heterocycles. The molecular formula is C22H30ClN5O2. The van der Waals surface area contributed by atoms with Gasteiger partial charge in [-0.15, -0.1) is 0 Å². The molecule has 0 bridgehead atoms. The highest BCUT2D eigenvalue weighted by atomic mass is 35.5. The first-order valence-corrected chi connectivity index (χ1v) is 10.5. The average Bonchev–Trinajstić information content (AvgIpc) is 2.77. The summed E-state index contributed by atoms with van der Waals surface area (Å²) in [6, 6.07) is 9.88. The van der Waals surface area contributed by atoms with E-state index in [4.69, 9.17) is 21.1 Å². The second-order valence-electron chi connectivity index (χ2n) is 7.21. The summed E-state index contributed by atoms with van der Waals surface area (Å²) in [4.78, 5) is 11.1. The maximum Gasteiger partial charge on any atom is 0.191 e. The minimum Gasteiger partial charge on any atom is -0.497 e. The predicted octanol–water partition coefficient (Wildman–Crippen LogP) is 2.88. The van der Waals surface area contributed by atoms with E-state index in [0.29, 0.717) is 11.6 Å². The quantitative estimate of drug-likeness (QED) is 0.519. The Morgan fingerprint density at radius 2 is 2.20 bits per heavy atom. The number of aromatic nitrogens is 1. The van der Waals surface area contributed by atoms with Gasteiger partial charge in [-0.05, 0) is 48.7 Å². The summed E-state index contributed by atoms with van der Waals surface area (Å²) in [6.07, 6.45) is 2.87. The molecule has 1 aliphatic rings. The van der Waals surface area contributed by atoms with Crippen LogP contribution >= 0.6 is 11.6 Å². The molecule has 2 N–H and O–H groups in total. The lowest BCUT2D eigenvalue weighted by molar-refractivity contribution is 0.0529. The SMILES string of the molecule is CN=C(NCCc1ccc(OC)cc1Cl)NCc1ccnc(N2CCOC(C)C2)c1. The van der Waals surface area contributed by atoms with Gasteiger partial charge in [-0.3, -0.25) is 4.99 Å². The third kappa shape index (κ3) is 6.24. The molecular weight excluding hydrogens is 402 g/mol. The highest BCUT2D eigenvalue weighted by Gasteiger charge is 2.18. The minimum atomic E-state index is 0.226. The van der Waals surface area contributed by atoms with Crippen molar-refractivity contribution in [3.8, 4) is 5.75 Å². The summed E-state index contributed by atoms with van der Waals surface area (Å²) in [7, 11) is 3.40. The Labute approximate surface area is 183 Å². The maximum absolute atomic E-state index is 6.32. The summed E-state index contributed by atoms with van der Waals surface area (Å²) in [5.74, 6) is 2.50. The molecule has 1 saturated heterocycles. The molecule has 1 aromatic heterocycles. The van der Waals surface area contributed by atoms with Crippen molar-refractivity contribution in [2.75, 3.05) is 45.3 Å². The molecule has 162 valence electrons. The van der Waals surface area contributed by atoms with Gasteiger partial charge in [-0.1, -0.05) is 17.7 Å². The van der Waals surface area contributed by atoms with Gasteiger partial charge in [0.1, 0.15) is 11.6 Å². The van der Waals surface area contributed by atoms with E-state index in [0.717, 1.165) is 61.3 Å². The number of methoxy groups -OCH3 is 1. The Kier molecular flexibility index (Phi) is 8.16. The van der Waals surface area contributed by atoms with Crippen LogP contribution in [-0.4, -0.2) is 57.4 Å². The lowest BCUT2D eigenvalue weighted by Crippen LogP contribution is -2.41. The van der Waals surface area contributed by atoms with Crippen molar-refractivity contribution in [2.45, 2.75) is 26.0 Å². The number of ether oxygens (including phenoxy) is 2. The number of aliphatic imine (C=N–C) groups is 1. The second-order valence-corrected chi connectivity index (χ2v) is 7.62. The van der Waals surface area contributed by atoms with Crippen LogP contribution in [0.1, 0.15) is 18.1 Å². The zero-order valence-electron chi connectivity index (χ0n) is 17.8. The predicted molar refractivity (Wildman–Crippen MR) is 122 cm³/mol. The highest BCUT2D eigenvalue weighted by Crippen LogP contribution is 2.22. The lowest BCUT2D eigenvalue weighted by atomic mass is 10.1. The Morgan fingerprint density at radius 1 is 1.33 bits per heavy atom. The summed E-state index contributed by atoms with van der Waals surface area (Å²) < 4.78 is 10.8. The van der Waals surface area contributed by atoms with Gasteiger partial charge in [-0.2, -0.15) is 0 Å². The Hall–Kier alpha value is -2.51. The van der Waals surface area contributed by atoms with E-state index in [2.05, 4.69) is 38.5 Å². The molecule has 0 saturated carbocycles. The van der Waals surface area contributed by atoms with Crippen LogP contribution in [0.2, 0.25) is 5.02 Å².